The predicted molar refractivity (Wildman–Crippen MR) is 114 cm³/mol. The van der Waals surface area contributed by atoms with Crippen LogP contribution in [-0.2, 0) is 0 Å². The van der Waals surface area contributed by atoms with Crippen LogP contribution in [-0.4, -0.2) is 37.5 Å². The molecule has 0 unspecified atom stereocenters. The molecular weight excluding hydrogens is 318 g/mol. The van der Waals surface area contributed by atoms with E-state index in [1.54, 1.807) is 0 Å². The number of quaternary nitrogens is 1. The van der Waals surface area contributed by atoms with Crippen LogP contribution in [0.2, 0.25) is 0 Å². The van der Waals surface area contributed by atoms with E-state index in [1.807, 2.05) is 30.3 Å². The average Bonchev–Trinajstić information content (AvgIpc) is 2.63. The Morgan fingerprint density at radius 3 is 1.69 bits per heavy atom. The van der Waals surface area contributed by atoms with E-state index in [-0.39, 0.29) is 5.78 Å². The van der Waals surface area contributed by atoms with Crippen molar-refractivity contribution in [3.8, 4) is 0 Å². The molecule has 0 saturated heterocycles. The van der Waals surface area contributed by atoms with Gasteiger partial charge in [-0.3, -0.25) is 4.79 Å². The Hall–Kier alpha value is -1.15. The van der Waals surface area contributed by atoms with E-state index in [0.717, 1.165) is 16.6 Å². The van der Waals surface area contributed by atoms with Crippen molar-refractivity contribution >= 4 is 5.78 Å². The number of hydrogen-bond donors (Lipinski definition) is 0. The first-order chi connectivity index (χ1) is 12.5. The van der Waals surface area contributed by atoms with Crippen molar-refractivity contribution in [1.29, 1.82) is 0 Å². The Morgan fingerprint density at radius 2 is 1.19 bits per heavy atom. The summed E-state index contributed by atoms with van der Waals surface area (Å²) in [4.78, 5) is 12.4. The number of nitrogens with zero attached hydrogens (tertiary/aromatic N) is 1. The zero-order valence-electron chi connectivity index (χ0n) is 17.6. The Kier molecular flexibility index (Phi) is 12.3. The first kappa shape index (κ1) is 22.9. The van der Waals surface area contributed by atoms with E-state index in [2.05, 4.69) is 21.0 Å². The number of rotatable bonds is 16. The molecule has 26 heavy (non-hydrogen) atoms. The number of unbranched alkanes of at least 4 members (excludes halogenated alkanes) is 11. The molecule has 1 aromatic rings. The van der Waals surface area contributed by atoms with Crippen molar-refractivity contribution in [1.82, 2.24) is 0 Å². The zero-order chi connectivity index (χ0) is 19.1. The molecule has 0 bridgehead atoms. The number of ketones is 1. The molecule has 0 aliphatic carbocycles. The number of Topliss-reactive ketones (excluding diaryl/α,β-unsaturated/α-hetero) is 1. The van der Waals surface area contributed by atoms with Gasteiger partial charge in [0.2, 0.25) is 5.78 Å². The Bertz CT molecular complexity index is 466. The van der Waals surface area contributed by atoms with Gasteiger partial charge in [0.05, 0.1) is 20.6 Å². The summed E-state index contributed by atoms with van der Waals surface area (Å²) in [7, 11) is 4.36. The molecule has 2 nitrogen and oxygen atoms in total. The van der Waals surface area contributed by atoms with Crippen molar-refractivity contribution in [2.75, 3.05) is 27.2 Å². The first-order valence-electron chi connectivity index (χ1n) is 11.0. The molecule has 0 N–H and O–H groups in total. The summed E-state index contributed by atoms with van der Waals surface area (Å²) in [5.41, 5.74) is 0.841. The summed E-state index contributed by atoms with van der Waals surface area (Å²) in [6.07, 6.45) is 16.5. The third-order valence-corrected chi connectivity index (χ3v) is 5.28. The molecule has 0 fully saturated rings. The molecule has 1 aromatic carbocycles. The first-order valence-corrected chi connectivity index (χ1v) is 11.0. The maximum Gasteiger partial charge on any atom is 0.216 e. The van der Waals surface area contributed by atoms with Gasteiger partial charge in [0.15, 0.2) is 0 Å². The minimum Gasteiger partial charge on any atom is -0.322 e. The van der Waals surface area contributed by atoms with Crippen LogP contribution in [0.4, 0.5) is 0 Å². The zero-order valence-corrected chi connectivity index (χ0v) is 17.6. The lowest BCUT2D eigenvalue weighted by Gasteiger charge is -2.29. The fourth-order valence-corrected chi connectivity index (χ4v) is 3.56. The summed E-state index contributed by atoms with van der Waals surface area (Å²) in [6, 6.07) is 9.69. The molecular formula is C24H42NO+. The van der Waals surface area contributed by atoms with Crippen molar-refractivity contribution in [2.45, 2.75) is 84.0 Å². The van der Waals surface area contributed by atoms with Crippen LogP contribution in [0.1, 0.15) is 94.3 Å². The summed E-state index contributed by atoms with van der Waals surface area (Å²) >= 11 is 0. The molecule has 0 aliphatic rings. The fourth-order valence-electron chi connectivity index (χ4n) is 3.56. The molecule has 0 radical (unpaired) electrons. The lowest BCUT2D eigenvalue weighted by molar-refractivity contribution is -0.882. The van der Waals surface area contributed by atoms with Crippen LogP contribution in [0.25, 0.3) is 0 Å². The third kappa shape index (κ3) is 11.5. The molecule has 148 valence electrons. The van der Waals surface area contributed by atoms with Gasteiger partial charge in [0.25, 0.3) is 0 Å². The van der Waals surface area contributed by atoms with E-state index in [4.69, 9.17) is 0 Å². The number of hydrogen-bond acceptors (Lipinski definition) is 1. The highest BCUT2D eigenvalue weighted by Crippen LogP contribution is 2.13. The van der Waals surface area contributed by atoms with Crippen LogP contribution in [0, 0.1) is 0 Å². The molecule has 0 aliphatic heterocycles. The Balaban J connectivity index is 2.00. The van der Waals surface area contributed by atoms with Gasteiger partial charge in [0.1, 0.15) is 6.54 Å². The van der Waals surface area contributed by atoms with Crippen molar-refractivity contribution in [3.63, 3.8) is 0 Å². The molecule has 0 atom stereocenters. The highest BCUT2D eigenvalue weighted by Gasteiger charge is 2.20. The van der Waals surface area contributed by atoms with Gasteiger partial charge in [-0.25, -0.2) is 0 Å². The molecule has 0 spiro atoms. The van der Waals surface area contributed by atoms with Gasteiger partial charge >= 0.3 is 0 Å². The largest absolute Gasteiger partial charge is 0.322 e. The van der Waals surface area contributed by atoms with Gasteiger partial charge in [0, 0.05) is 5.56 Å². The standard InChI is InChI=1S/C24H42NO/c1-4-5-6-7-8-9-10-11-12-13-14-18-21-25(2,3)22-24(26)23-19-16-15-17-20-23/h15-17,19-20H,4-14,18,21-22H2,1-3H3/q+1. The summed E-state index contributed by atoms with van der Waals surface area (Å²) in [5.74, 6) is 0.259. The lowest BCUT2D eigenvalue weighted by Crippen LogP contribution is -2.44. The van der Waals surface area contributed by atoms with Crippen molar-refractivity contribution in [3.05, 3.63) is 35.9 Å². The summed E-state index contributed by atoms with van der Waals surface area (Å²) in [5, 5.41) is 0. The van der Waals surface area contributed by atoms with Gasteiger partial charge in [-0.05, 0) is 12.8 Å². The van der Waals surface area contributed by atoms with E-state index < -0.39 is 0 Å². The van der Waals surface area contributed by atoms with Crippen LogP contribution in [0.15, 0.2) is 30.3 Å². The lowest BCUT2D eigenvalue weighted by atomic mass is 10.0. The van der Waals surface area contributed by atoms with Crippen molar-refractivity contribution in [2.24, 2.45) is 0 Å². The van der Waals surface area contributed by atoms with E-state index in [9.17, 15) is 4.79 Å². The number of carbonyl (C=O) groups is 1. The molecule has 0 aromatic heterocycles. The van der Waals surface area contributed by atoms with E-state index >= 15 is 0 Å². The summed E-state index contributed by atoms with van der Waals surface area (Å²) in [6.45, 7) is 3.97. The fraction of sp³-hybridized carbons (Fsp3) is 0.708. The van der Waals surface area contributed by atoms with Crippen LogP contribution in [0.5, 0.6) is 0 Å². The average molecular weight is 361 g/mol. The highest BCUT2D eigenvalue weighted by molar-refractivity contribution is 5.96. The monoisotopic (exact) mass is 360 g/mol. The maximum atomic E-state index is 12.4. The number of benzene rings is 1. The third-order valence-electron chi connectivity index (χ3n) is 5.28. The quantitative estimate of drug-likeness (QED) is 0.183. The highest BCUT2D eigenvalue weighted by atomic mass is 16.1. The second-order valence-corrected chi connectivity index (χ2v) is 8.50. The molecule has 1 rings (SSSR count). The second-order valence-electron chi connectivity index (χ2n) is 8.50. The number of carbonyl (C=O) groups excluding carboxylic acids is 1. The van der Waals surface area contributed by atoms with Gasteiger partial charge < -0.3 is 4.48 Å². The SMILES string of the molecule is CCCCCCCCCCCCCC[N+](C)(C)CC(=O)c1ccccc1. The molecule has 0 heterocycles. The Labute approximate surface area is 162 Å². The minimum absolute atomic E-state index is 0.259. The van der Waals surface area contributed by atoms with Crippen molar-refractivity contribution < 1.29 is 9.28 Å². The molecule has 0 saturated carbocycles. The van der Waals surface area contributed by atoms with Gasteiger partial charge in [-0.1, -0.05) is 101 Å². The predicted octanol–water partition coefficient (Wildman–Crippen LogP) is 6.65. The van der Waals surface area contributed by atoms with Crippen LogP contribution in [0.3, 0.4) is 0 Å². The second kappa shape index (κ2) is 14.0. The molecule has 2 heteroatoms. The van der Waals surface area contributed by atoms with Gasteiger partial charge in [-0.15, -0.1) is 0 Å². The van der Waals surface area contributed by atoms with E-state index in [0.29, 0.717) is 6.54 Å². The number of likely N-dealkylation sites (N-methyl/N-ethyl adjacent to an activating group) is 1. The smallest absolute Gasteiger partial charge is 0.216 e. The minimum atomic E-state index is 0.259. The maximum absolute atomic E-state index is 12.4. The Morgan fingerprint density at radius 1 is 0.731 bits per heavy atom. The topological polar surface area (TPSA) is 17.1 Å². The molecule has 0 amide bonds. The van der Waals surface area contributed by atoms with Crippen LogP contribution < -0.4 is 0 Å². The normalized spacial score (nSPS) is 11.7. The van der Waals surface area contributed by atoms with Crippen LogP contribution >= 0.6 is 0 Å². The summed E-state index contributed by atoms with van der Waals surface area (Å²) < 4.78 is 0.797. The van der Waals surface area contributed by atoms with E-state index in [1.165, 1.54) is 77.0 Å². The van der Waals surface area contributed by atoms with Gasteiger partial charge in [-0.2, -0.15) is 0 Å².